The minimum absolute atomic E-state index is 0.0544. The van der Waals surface area contributed by atoms with Gasteiger partial charge < -0.3 is 4.42 Å². The van der Waals surface area contributed by atoms with Crippen molar-refractivity contribution in [3.8, 4) is 11.1 Å². The van der Waals surface area contributed by atoms with Gasteiger partial charge in [-0.3, -0.25) is 0 Å². The number of rotatable bonds is 1. The Morgan fingerprint density at radius 1 is 0.952 bits per heavy atom. The van der Waals surface area contributed by atoms with Gasteiger partial charge in [-0.25, -0.2) is 0 Å². The molecule has 0 aliphatic carbocycles. The Kier molecular flexibility index (Phi) is 1.86. The normalized spacial score (nSPS) is 14.0. The van der Waals surface area contributed by atoms with Gasteiger partial charge in [0.2, 0.25) is 0 Å². The number of para-hydroxylation sites is 1. The van der Waals surface area contributed by atoms with Crippen LogP contribution in [0.15, 0.2) is 65.0 Å². The van der Waals surface area contributed by atoms with E-state index in [-0.39, 0.29) is 24.2 Å². The van der Waals surface area contributed by atoms with E-state index in [0.717, 1.165) is 27.5 Å². The molecule has 0 saturated carbocycles. The largest absolute Gasteiger partial charge is 0.456 e. The fourth-order valence-corrected chi connectivity index (χ4v) is 2.77. The Morgan fingerprint density at radius 3 is 2.71 bits per heavy atom. The Hall–Kier alpha value is -2.54. The molecule has 4 aromatic rings. The van der Waals surface area contributed by atoms with Crippen molar-refractivity contribution in [2.24, 2.45) is 0 Å². The van der Waals surface area contributed by atoms with Crippen LogP contribution in [0.4, 0.5) is 0 Å². The summed E-state index contributed by atoms with van der Waals surface area (Å²) in [5, 5.41) is 2.03. The first-order chi connectivity index (χ1) is 11.9. The van der Waals surface area contributed by atoms with Gasteiger partial charge in [-0.05, 0) is 37.1 Å². The molecule has 3 aromatic carbocycles. The molecule has 0 fully saturated rings. The summed E-state index contributed by atoms with van der Waals surface area (Å²) in [5.41, 5.74) is 3.88. The zero-order valence-electron chi connectivity index (χ0n) is 15.9. The predicted molar refractivity (Wildman–Crippen MR) is 88.6 cm³/mol. The van der Waals surface area contributed by atoms with Gasteiger partial charge in [0, 0.05) is 16.3 Å². The summed E-state index contributed by atoms with van der Waals surface area (Å²) in [5.74, 6) is 0. The van der Waals surface area contributed by atoms with Crippen LogP contribution < -0.4 is 0 Å². The predicted octanol–water partition coefficient (Wildman–Crippen LogP) is 5.87. The zero-order chi connectivity index (χ0) is 17.9. The molecule has 1 heterocycles. The molecule has 1 nitrogen and oxygen atoms in total. The Balaban J connectivity index is 2.10. The molecule has 0 atom stereocenters. The fraction of sp³-hybridized carbons (Fsp3) is 0.100. The highest BCUT2D eigenvalue weighted by atomic mass is 16.3. The smallest absolute Gasteiger partial charge is 0.138 e. The van der Waals surface area contributed by atoms with Crippen molar-refractivity contribution in [3.05, 3.63) is 71.7 Å². The molecule has 21 heavy (non-hydrogen) atoms. The van der Waals surface area contributed by atoms with Crippen molar-refractivity contribution < 1.29 is 9.90 Å². The molecule has 0 aliphatic rings. The van der Waals surface area contributed by atoms with Crippen molar-refractivity contribution in [2.45, 2.75) is 13.8 Å². The fourth-order valence-electron chi connectivity index (χ4n) is 2.77. The van der Waals surface area contributed by atoms with Crippen molar-refractivity contribution in [1.82, 2.24) is 0 Å². The lowest BCUT2D eigenvalue weighted by Crippen LogP contribution is -1.84. The van der Waals surface area contributed by atoms with Gasteiger partial charge in [-0.2, -0.15) is 0 Å². The average Bonchev–Trinajstić information content (AvgIpc) is 3.00. The molecular formula is C20H16O. The number of benzene rings is 3. The van der Waals surface area contributed by atoms with Crippen molar-refractivity contribution in [3.63, 3.8) is 0 Å². The van der Waals surface area contributed by atoms with Gasteiger partial charge in [-0.15, -0.1) is 0 Å². The van der Waals surface area contributed by atoms with E-state index < -0.39 is 0 Å². The Morgan fingerprint density at radius 2 is 1.81 bits per heavy atom. The lowest BCUT2D eigenvalue weighted by atomic mass is 9.97. The SMILES string of the molecule is [2H]c1c([2H])c(C)c([2H])c(-c2ccc3c(oc4ccccc43)c2C)c1[2H]. The number of hydrogen-bond acceptors (Lipinski definition) is 1. The van der Waals surface area contributed by atoms with Gasteiger partial charge in [-0.1, -0.05) is 54.0 Å². The van der Waals surface area contributed by atoms with E-state index in [1.807, 2.05) is 43.3 Å². The lowest BCUT2D eigenvalue weighted by molar-refractivity contribution is 0.666. The first kappa shape index (κ1) is 8.68. The molecule has 0 N–H and O–H groups in total. The Bertz CT molecular complexity index is 1130. The molecular weight excluding hydrogens is 256 g/mol. The molecule has 0 spiro atoms. The van der Waals surface area contributed by atoms with Crippen LogP contribution in [0.1, 0.15) is 16.6 Å². The van der Waals surface area contributed by atoms with Crippen LogP contribution in [0.5, 0.6) is 0 Å². The summed E-state index contributed by atoms with van der Waals surface area (Å²) >= 11 is 0. The van der Waals surface area contributed by atoms with Crippen molar-refractivity contribution in [1.29, 1.82) is 0 Å². The highest BCUT2D eigenvalue weighted by Crippen LogP contribution is 2.35. The van der Waals surface area contributed by atoms with Crippen molar-refractivity contribution in [2.75, 3.05) is 0 Å². The van der Waals surface area contributed by atoms with Gasteiger partial charge >= 0.3 is 0 Å². The maximum Gasteiger partial charge on any atom is 0.138 e. The van der Waals surface area contributed by atoms with Crippen LogP contribution in [0, 0.1) is 13.8 Å². The topological polar surface area (TPSA) is 13.1 Å². The third-order valence-corrected chi connectivity index (χ3v) is 3.81. The summed E-state index contributed by atoms with van der Waals surface area (Å²) in [6.45, 7) is 3.56. The summed E-state index contributed by atoms with van der Waals surface area (Å²) in [6, 6.07) is 11.5. The van der Waals surface area contributed by atoms with Gasteiger partial charge in [0.25, 0.3) is 0 Å². The molecule has 0 bridgehead atoms. The van der Waals surface area contributed by atoms with E-state index in [0.29, 0.717) is 16.7 Å². The van der Waals surface area contributed by atoms with Crippen molar-refractivity contribution >= 4 is 21.9 Å². The van der Waals surface area contributed by atoms with E-state index in [9.17, 15) is 0 Å². The highest BCUT2D eigenvalue weighted by Gasteiger charge is 2.12. The number of furan rings is 1. The minimum atomic E-state index is -0.146. The third-order valence-electron chi connectivity index (χ3n) is 3.81. The van der Waals surface area contributed by atoms with E-state index in [1.54, 1.807) is 6.92 Å². The van der Waals surface area contributed by atoms with E-state index in [4.69, 9.17) is 9.90 Å². The second kappa shape index (κ2) is 4.49. The average molecular weight is 276 g/mol. The molecule has 0 radical (unpaired) electrons. The molecule has 0 amide bonds. The Labute approximate surface area is 129 Å². The lowest BCUT2D eigenvalue weighted by Gasteiger charge is -2.07. The molecule has 0 saturated heterocycles. The molecule has 0 unspecified atom stereocenters. The van der Waals surface area contributed by atoms with Gasteiger partial charge in [0.1, 0.15) is 11.2 Å². The highest BCUT2D eigenvalue weighted by molar-refractivity contribution is 6.07. The minimum Gasteiger partial charge on any atom is -0.456 e. The number of aryl methyl sites for hydroxylation is 1. The third kappa shape index (κ3) is 1.85. The molecule has 1 heteroatoms. The number of hydrogen-bond donors (Lipinski definition) is 0. The van der Waals surface area contributed by atoms with Crippen LogP contribution in [0.2, 0.25) is 0 Å². The van der Waals surface area contributed by atoms with E-state index in [2.05, 4.69) is 0 Å². The van der Waals surface area contributed by atoms with Crippen LogP contribution in [0.25, 0.3) is 33.1 Å². The van der Waals surface area contributed by atoms with E-state index in [1.165, 1.54) is 0 Å². The molecule has 0 aliphatic heterocycles. The maximum absolute atomic E-state index is 8.37. The summed E-state index contributed by atoms with van der Waals surface area (Å²) < 4.78 is 38.5. The number of fused-ring (bicyclic) bond motifs is 3. The summed E-state index contributed by atoms with van der Waals surface area (Å²) in [6.07, 6.45) is 0. The monoisotopic (exact) mass is 276 g/mol. The standard InChI is InChI=1S/C20H16O/c1-13-6-5-7-15(12-13)16-10-11-18-17-8-3-4-9-19(17)21-20(18)14(16)2/h3-12H,1-2H3/i5D,6D,7D,12D. The van der Waals surface area contributed by atoms with Gasteiger partial charge in [0.05, 0.1) is 5.48 Å². The first-order valence-corrected chi connectivity index (χ1v) is 6.90. The van der Waals surface area contributed by atoms with Crippen LogP contribution in [-0.2, 0) is 0 Å². The second-order valence-electron chi connectivity index (χ2n) is 5.21. The van der Waals surface area contributed by atoms with Crippen LogP contribution in [0.3, 0.4) is 0 Å². The quantitative estimate of drug-likeness (QED) is 0.424. The van der Waals surface area contributed by atoms with Crippen LogP contribution in [-0.4, -0.2) is 0 Å². The second-order valence-corrected chi connectivity index (χ2v) is 5.21. The first-order valence-electron chi connectivity index (χ1n) is 8.90. The van der Waals surface area contributed by atoms with Crippen LogP contribution >= 0.6 is 0 Å². The van der Waals surface area contributed by atoms with Gasteiger partial charge in [0.15, 0.2) is 0 Å². The van der Waals surface area contributed by atoms with E-state index >= 15 is 0 Å². The maximum atomic E-state index is 8.37. The molecule has 4 rings (SSSR count). The molecule has 1 aromatic heterocycles. The summed E-state index contributed by atoms with van der Waals surface area (Å²) in [7, 11) is 0. The zero-order valence-corrected chi connectivity index (χ0v) is 11.9. The molecule has 102 valence electrons. The summed E-state index contributed by atoms with van der Waals surface area (Å²) in [4.78, 5) is 0.